The van der Waals surface area contributed by atoms with Crippen molar-refractivity contribution in [2.24, 2.45) is 5.41 Å². The molecule has 0 saturated heterocycles. The van der Waals surface area contributed by atoms with Gasteiger partial charge >= 0.3 is 5.97 Å². The fourth-order valence-electron chi connectivity index (χ4n) is 1.17. The molecule has 0 bridgehead atoms. The van der Waals surface area contributed by atoms with Crippen LogP contribution in [-0.4, -0.2) is 23.6 Å². The molecule has 4 heteroatoms. The third-order valence-electron chi connectivity index (χ3n) is 2.08. The fraction of sp³-hybridized carbons (Fsp3) is 0.545. The third kappa shape index (κ3) is 3.01. The number of carbonyl (C=O) groups is 3. The van der Waals surface area contributed by atoms with Crippen LogP contribution < -0.4 is 0 Å². The summed E-state index contributed by atoms with van der Waals surface area (Å²) in [5.74, 6) is -1.08. The van der Waals surface area contributed by atoms with Gasteiger partial charge in [0.05, 0.1) is 5.41 Å². The summed E-state index contributed by atoms with van der Waals surface area (Å²) >= 11 is 0. The van der Waals surface area contributed by atoms with E-state index < -0.39 is 22.8 Å². The van der Waals surface area contributed by atoms with Gasteiger partial charge in [-0.05, 0) is 26.8 Å². The number of aldehydes is 1. The summed E-state index contributed by atoms with van der Waals surface area (Å²) in [5, 5.41) is 0. The molecule has 0 N–H and O–H groups in total. The van der Waals surface area contributed by atoms with E-state index in [2.05, 4.69) is 6.58 Å². The molecule has 0 heterocycles. The van der Waals surface area contributed by atoms with Gasteiger partial charge in [-0.2, -0.15) is 0 Å². The number of hydrogen-bond donors (Lipinski definition) is 0. The minimum Gasteiger partial charge on any atom is -0.447 e. The molecule has 0 aromatic heterocycles. The zero-order chi connectivity index (χ0) is 12.3. The third-order valence-corrected chi connectivity index (χ3v) is 2.08. The van der Waals surface area contributed by atoms with E-state index >= 15 is 0 Å². The van der Waals surface area contributed by atoms with Crippen LogP contribution in [0.1, 0.15) is 27.7 Å². The lowest BCUT2D eigenvalue weighted by atomic mass is 9.80. The number of ether oxygens (including phenoxy) is 1. The van der Waals surface area contributed by atoms with Gasteiger partial charge in [0.1, 0.15) is 6.29 Å². The van der Waals surface area contributed by atoms with Crippen molar-refractivity contribution in [3.63, 3.8) is 0 Å². The van der Waals surface area contributed by atoms with E-state index in [0.29, 0.717) is 6.29 Å². The van der Waals surface area contributed by atoms with Crippen LogP contribution in [0.4, 0.5) is 0 Å². The quantitative estimate of drug-likeness (QED) is 0.298. The molecule has 0 aromatic carbocycles. The predicted octanol–water partition coefficient (Wildman–Crippen LogP) is 1.29. The number of rotatable bonds is 5. The molecule has 1 atom stereocenters. The second kappa shape index (κ2) is 4.38. The Labute approximate surface area is 89.3 Å². The number of esters is 1. The maximum absolute atomic E-state index is 11.9. The predicted molar refractivity (Wildman–Crippen MR) is 55.2 cm³/mol. The number of ketones is 1. The second-order valence-electron chi connectivity index (χ2n) is 4.07. The lowest BCUT2D eigenvalue weighted by Gasteiger charge is -2.29. The molecule has 0 radical (unpaired) electrons. The first-order chi connectivity index (χ1) is 6.69. The minimum absolute atomic E-state index is 0.491. The molecular weight excluding hydrogens is 196 g/mol. The van der Waals surface area contributed by atoms with Crippen LogP contribution in [0.15, 0.2) is 12.7 Å². The molecule has 0 aliphatic rings. The molecular formula is C11H16O4. The van der Waals surface area contributed by atoms with Crippen LogP contribution in [0.3, 0.4) is 0 Å². The SMILES string of the molecule is C=CC(C)(OC(C)=O)C(=O)C(C)(C)C=O. The minimum atomic E-state index is -1.45. The standard InChI is InChI=1S/C11H16O4/c1-6-11(5,15-8(2)13)9(14)10(3,4)7-12/h6-7H,1H2,2-5H3. The summed E-state index contributed by atoms with van der Waals surface area (Å²) in [6.07, 6.45) is 1.75. The highest BCUT2D eigenvalue weighted by Crippen LogP contribution is 2.25. The molecule has 4 nitrogen and oxygen atoms in total. The van der Waals surface area contributed by atoms with Crippen molar-refractivity contribution >= 4 is 18.0 Å². The van der Waals surface area contributed by atoms with Gasteiger partial charge in [-0.15, -0.1) is 0 Å². The molecule has 1 unspecified atom stereocenters. The van der Waals surface area contributed by atoms with Crippen molar-refractivity contribution < 1.29 is 19.1 Å². The molecule has 0 rings (SSSR count). The Morgan fingerprint density at radius 3 is 2.00 bits per heavy atom. The molecule has 0 aliphatic carbocycles. The van der Waals surface area contributed by atoms with Gasteiger partial charge in [0.25, 0.3) is 0 Å². The van der Waals surface area contributed by atoms with Crippen molar-refractivity contribution in [3.8, 4) is 0 Å². The van der Waals surface area contributed by atoms with Gasteiger partial charge in [0.15, 0.2) is 11.4 Å². The van der Waals surface area contributed by atoms with Crippen LogP contribution in [0.25, 0.3) is 0 Å². The largest absolute Gasteiger partial charge is 0.447 e. The van der Waals surface area contributed by atoms with Crippen LogP contribution in [0, 0.1) is 5.41 Å². The van der Waals surface area contributed by atoms with Crippen molar-refractivity contribution in [3.05, 3.63) is 12.7 Å². The number of hydrogen-bond acceptors (Lipinski definition) is 4. The molecule has 0 fully saturated rings. The van der Waals surface area contributed by atoms with Crippen LogP contribution in [-0.2, 0) is 19.1 Å². The molecule has 15 heavy (non-hydrogen) atoms. The highest BCUT2D eigenvalue weighted by Gasteiger charge is 2.42. The summed E-state index contributed by atoms with van der Waals surface area (Å²) in [6, 6.07) is 0. The molecule has 0 amide bonds. The Morgan fingerprint density at radius 2 is 1.73 bits per heavy atom. The summed E-state index contributed by atoms with van der Waals surface area (Å²) in [5.41, 5.74) is -2.64. The first kappa shape index (κ1) is 13.5. The summed E-state index contributed by atoms with van der Waals surface area (Å²) in [7, 11) is 0. The normalized spacial score (nSPS) is 14.9. The first-order valence-corrected chi connectivity index (χ1v) is 4.54. The van der Waals surface area contributed by atoms with Crippen molar-refractivity contribution in [1.82, 2.24) is 0 Å². The van der Waals surface area contributed by atoms with E-state index in [4.69, 9.17) is 4.74 Å². The van der Waals surface area contributed by atoms with Crippen molar-refractivity contribution in [2.75, 3.05) is 0 Å². The summed E-state index contributed by atoms with van der Waals surface area (Å²) in [6.45, 7) is 8.98. The van der Waals surface area contributed by atoms with Crippen LogP contribution in [0.5, 0.6) is 0 Å². The maximum atomic E-state index is 11.9. The average molecular weight is 212 g/mol. The first-order valence-electron chi connectivity index (χ1n) is 4.54. The van der Waals surface area contributed by atoms with E-state index in [1.54, 1.807) is 0 Å². The lowest BCUT2D eigenvalue weighted by molar-refractivity contribution is -0.163. The summed E-state index contributed by atoms with van der Waals surface area (Å²) < 4.78 is 4.87. The maximum Gasteiger partial charge on any atom is 0.303 e. The smallest absolute Gasteiger partial charge is 0.303 e. The van der Waals surface area contributed by atoms with Gasteiger partial charge in [0.2, 0.25) is 0 Å². The zero-order valence-corrected chi connectivity index (χ0v) is 9.49. The van der Waals surface area contributed by atoms with E-state index in [9.17, 15) is 14.4 Å². The van der Waals surface area contributed by atoms with Gasteiger partial charge in [-0.3, -0.25) is 9.59 Å². The van der Waals surface area contributed by atoms with Crippen molar-refractivity contribution in [2.45, 2.75) is 33.3 Å². The Balaban J connectivity index is 5.13. The molecule has 0 spiro atoms. The number of carbonyl (C=O) groups excluding carboxylic acids is 3. The van der Waals surface area contributed by atoms with Crippen LogP contribution >= 0.6 is 0 Å². The van der Waals surface area contributed by atoms with E-state index in [0.717, 1.165) is 0 Å². The highest BCUT2D eigenvalue weighted by atomic mass is 16.6. The van der Waals surface area contributed by atoms with E-state index in [1.165, 1.54) is 33.8 Å². The monoisotopic (exact) mass is 212 g/mol. The van der Waals surface area contributed by atoms with Gasteiger partial charge in [0, 0.05) is 6.92 Å². The van der Waals surface area contributed by atoms with Gasteiger partial charge in [-0.25, -0.2) is 0 Å². The van der Waals surface area contributed by atoms with Gasteiger partial charge < -0.3 is 9.53 Å². The molecule has 0 aromatic rings. The Kier molecular flexibility index (Phi) is 3.96. The Bertz CT molecular complexity index is 304. The Morgan fingerprint density at radius 1 is 1.27 bits per heavy atom. The molecule has 0 aliphatic heterocycles. The Hall–Kier alpha value is -1.45. The lowest BCUT2D eigenvalue weighted by Crippen LogP contribution is -2.46. The van der Waals surface area contributed by atoms with Crippen LogP contribution in [0.2, 0.25) is 0 Å². The zero-order valence-electron chi connectivity index (χ0n) is 9.49. The fourth-order valence-corrected chi connectivity index (χ4v) is 1.17. The average Bonchev–Trinajstić information content (AvgIpc) is 2.15. The van der Waals surface area contributed by atoms with E-state index in [-0.39, 0.29) is 0 Å². The summed E-state index contributed by atoms with van der Waals surface area (Å²) in [4.78, 5) is 33.5. The van der Waals surface area contributed by atoms with E-state index in [1.807, 2.05) is 0 Å². The molecule has 84 valence electrons. The molecule has 0 saturated carbocycles. The van der Waals surface area contributed by atoms with Crippen molar-refractivity contribution in [1.29, 1.82) is 0 Å². The highest BCUT2D eigenvalue weighted by molar-refractivity contribution is 6.04. The number of Topliss-reactive ketones (excluding diaryl/α,β-unsaturated/α-hetero) is 1. The topological polar surface area (TPSA) is 60.4 Å². The van der Waals surface area contributed by atoms with Gasteiger partial charge in [-0.1, -0.05) is 6.58 Å². The second-order valence-corrected chi connectivity index (χ2v) is 4.07.